The van der Waals surface area contributed by atoms with Crippen molar-refractivity contribution in [2.45, 2.75) is 30.2 Å². The Kier molecular flexibility index (Phi) is 3.51. The van der Waals surface area contributed by atoms with E-state index in [9.17, 15) is 18.3 Å². The monoisotopic (exact) mass is 310 g/mol. The lowest BCUT2D eigenvalue weighted by Crippen LogP contribution is -2.37. The minimum atomic E-state index is -3.61. The van der Waals surface area contributed by atoms with Gasteiger partial charge in [-0.2, -0.15) is 4.31 Å². The van der Waals surface area contributed by atoms with Crippen LogP contribution in [0.3, 0.4) is 0 Å². The topological polar surface area (TPSA) is 77.9 Å². The molecule has 1 N–H and O–H groups in total. The molecule has 2 heterocycles. The van der Waals surface area contributed by atoms with Gasteiger partial charge >= 0.3 is 0 Å². The second-order valence-corrected chi connectivity index (χ2v) is 7.40. The summed E-state index contributed by atoms with van der Waals surface area (Å²) in [5.74, 6) is -0.0334. The second-order valence-electron chi connectivity index (χ2n) is 5.51. The molecule has 0 saturated carbocycles. The van der Waals surface area contributed by atoms with Crippen LogP contribution in [0.25, 0.3) is 0 Å². The summed E-state index contributed by atoms with van der Waals surface area (Å²) in [6.45, 7) is 0.273. The van der Waals surface area contributed by atoms with Crippen LogP contribution < -0.4 is 4.90 Å². The Bertz CT molecular complexity index is 686. The van der Waals surface area contributed by atoms with Gasteiger partial charge in [-0.1, -0.05) is 0 Å². The van der Waals surface area contributed by atoms with Gasteiger partial charge < -0.3 is 10.0 Å². The molecule has 1 saturated heterocycles. The summed E-state index contributed by atoms with van der Waals surface area (Å²) in [4.78, 5) is 13.4. The molecule has 0 spiro atoms. The SMILES string of the molecule is CN1C(=O)Cc2cc(S(=O)(=O)N3CCC[C@H]3CO)ccc21. The molecule has 0 bridgehead atoms. The van der Waals surface area contributed by atoms with E-state index in [2.05, 4.69) is 0 Å². The van der Waals surface area contributed by atoms with Crippen molar-refractivity contribution in [3.8, 4) is 0 Å². The molecule has 1 aromatic carbocycles. The molecule has 6 nitrogen and oxygen atoms in total. The van der Waals surface area contributed by atoms with Crippen molar-refractivity contribution >= 4 is 21.6 Å². The van der Waals surface area contributed by atoms with E-state index in [0.717, 1.165) is 17.7 Å². The molecule has 0 aliphatic carbocycles. The first-order valence-electron chi connectivity index (χ1n) is 6.97. The predicted octanol–water partition coefficient (Wildman–Crippen LogP) is 0.351. The van der Waals surface area contributed by atoms with E-state index in [0.29, 0.717) is 13.0 Å². The average Bonchev–Trinajstić information content (AvgIpc) is 3.04. The quantitative estimate of drug-likeness (QED) is 0.874. The Labute approximate surface area is 124 Å². The van der Waals surface area contributed by atoms with Crippen LogP contribution in [0.1, 0.15) is 18.4 Å². The van der Waals surface area contributed by atoms with Crippen molar-refractivity contribution in [1.82, 2.24) is 4.31 Å². The second kappa shape index (κ2) is 5.08. The first-order valence-corrected chi connectivity index (χ1v) is 8.41. The van der Waals surface area contributed by atoms with Crippen LogP contribution in [0.15, 0.2) is 23.1 Å². The van der Waals surface area contributed by atoms with Crippen LogP contribution in [0.4, 0.5) is 5.69 Å². The number of carbonyl (C=O) groups is 1. The van der Waals surface area contributed by atoms with E-state index in [1.165, 1.54) is 15.3 Å². The van der Waals surface area contributed by atoms with E-state index >= 15 is 0 Å². The number of hydrogen-bond donors (Lipinski definition) is 1. The van der Waals surface area contributed by atoms with Gasteiger partial charge in [0.05, 0.1) is 17.9 Å². The van der Waals surface area contributed by atoms with E-state index in [-0.39, 0.29) is 29.9 Å². The molecule has 2 aliphatic heterocycles. The van der Waals surface area contributed by atoms with Crippen molar-refractivity contribution in [1.29, 1.82) is 0 Å². The number of fused-ring (bicyclic) bond motifs is 1. The van der Waals surface area contributed by atoms with Gasteiger partial charge in [-0.05, 0) is 36.6 Å². The summed E-state index contributed by atoms with van der Waals surface area (Å²) in [6.07, 6.45) is 1.68. The fourth-order valence-electron chi connectivity index (χ4n) is 3.05. The predicted molar refractivity (Wildman–Crippen MR) is 77.6 cm³/mol. The number of rotatable bonds is 3. The van der Waals surface area contributed by atoms with Gasteiger partial charge in [-0.15, -0.1) is 0 Å². The summed E-state index contributed by atoms with van der Waals surface area (Å²) in [5, 5.41) is 9.31. The van der Waals surface area contributed by atoms with Crippen molar-refractivity contribution in [3.63, 3.8) is 0 Å². The third-order valence-electron chi connectivity index (χ3n) is 4.27. The Hall–Kier alpha value is -1.44. The number of sulfonamides is 1. The van der Waals surface area contributed by atoms with Gasteiger partial charge in [0.2, 0.25) is 15.9 Å². The molecule has 1 fully saturated rings. The normalized spacial score (nSPS) is 22.9. The van der Waals surface area contributed by atoms with Crippen LogP contribution in [-0.2, 0) is 21.2 Å². The molecule has 1 amide bonds. The number of hydrogen-bond acceptors (Lipinski definition) is 4. The van der Waals surface area contributed by atoms with Crippen molar-refractivity contribution in [2.24, 2.45) is 0 Å². The average molecular weight is 310 g/mol. The van der Waals surface area contributed by atoms with E-state index < -0.39 is 10.0 Å². The number of aliphatic hydroxyl groups excluding tert-OH is 1. The van der Waals surface area contributed by atoms with Crippen LogP contribution in [0, 0.1) is 0 Å². The highest BCUT2D eigenvalue weighted by atomic mass is 32.2. The van der Waals surface area contributed by atoms with Gasteiger partial charge in [-0.3, -0.25) is 4.79 Å². The summed E-state index contributed by atoms with van der Waals surface area (Å²) in [7, 11) is -1.93. The summed E-state index contributed by atoms with van der Waals surface area (Å²) >= 11 is 0. The molecule has 1 aromatic rings. The number of aliphatic hydroxyl groups is 1. The smallest absolute Gasteiger partial charge is 0.243 e. The molecule has 3 rings (SSSR count). The molecule has 21 heavy (non-hydrogen) atoms. The van der Waals surface area contributed by atoms with E-state index in [1.807, 2.05) is 0 Å². The number of anilines is 1. The van der Waals surface area contributed by atoms with Gasteiger partial charge in [0.25, 0.3) is 0 Å². The zero-order chi connectivity index (χ0) is 15.2. The molecule has 2 aliphatic rings. The maximum absolute atomic E-state index is 12.7. The number of nitrogens with zero attached hydrogens (tertiary/aromatic N) is 2. The first kappa shape index (κ1) is 14.5. The molecule has 7 heteroatoms. The Morgan fingerprint density at radius 1 is 1.38 bits per heavy atom. The number of amides is 1. The first-order chi connectivity index (χ1) is 9.95. The van der Waals surface area contributed by atoms with Crippen LogP contribution in [-0.4, -0.2) is 50.0 Å². The fraction of sp³-hybridized carbons (Fsp3) is 0.500. The molecular weight excluding hydrogens is 292 g/mol. The van der Waals surface area contributed by atoms with Crippen LogP contribution >= 0.6 is 0 Å². The third kappa shape index (κ3) is 2.25. The number of carbonyl (C=O) groups excluding carboxylic acids is 1. The Morgan fingerprint density at radius 2 is 2.14 bits per heavy atom. The highest BCUT2D eigenvalue weighted by Gasteiger charge is 2.36. The zero-order valence-electron chi connectivity index (χ0n) is 11.8. The molecule has 1 atom stereocenters. The maximum Gasteiger partial charge on any atom is 0.243 e. The summed E-state index contributed by atoms with van der Waals surface area (Å²) in [6, 6.07) is 4.46. The summed E-state index contributed by atoms with van der Waals surface area (Å²) in [5.41, 5.74) is 1.50. The number of likely N-dealkylation sites (N-methyl/N-ethyl adjacent to an activating group) is 1. The third-order valence-corrected chi connectivity index (χ3v) is 6.22. The van der Waals surface area contributed by atoms with Crippen LogP contribution in [0.5, 0.6) is 0 Å². The minimum Gasteiger partial charge on any atom is -0.395 e. The Balaban J connectivity index is 1.98. The van der Waals surface area contributed by atoms with Gasteiger partial charge in [0, 0.05) is 25.3 Å². The zero-order valence-corrected chi connectivity index (χ0v) is 12.6. The fourth-order valence-corrected chi connectivity index (χ4v) is 4.79. The number of benzene rings is 1. The molecule has 0 unspecified atom stereocenters. The summed E-state index contributed by atoms with van der Waals surface area (Å²) < 4.78 is 26.7. The van der Waals surface area contributed by atoms with Crippen molar-refractivity contribution in [3.05, 3.63) is 23.8 Å². The van der Waals surface area contributed by atoms with Crippen LogP contribution in [0.2, 0.25) is 0 Å². The molecule has 114 valence electrons. The van der Waals surface area contributed by atoms with Gasteiger partial charge in [0.1, 0.15) is 0 Å². The lowest BCUT2D eigenvalue weighted by Gasteiger charge is -2.22. The maximum atomic E-state index is 12.7. The molecular formula is C14H18N2O4S. The van der Waals surface area contributed by atoms with Gasteiger partial charge in [0.15, 0.2) is 0 Å². The van der Waals surface area contributed by atoms with Gasteiger partial charge in [-0.25, -0.2) is 8.42 Å². The Morgan fingerprint density at radius 3 is 2.86 bits per heavy atom. The molecule has 0 aromatic heterocycles. The van der Waals surface area contributed by atoms with Crippen molar-refractivity contribution < 1.29 is 18.3 Å². The highest BCUT2D eigenvalue weighted by molar-refractivity contribution is 7.89. The lowest BCUT2D eigenvalue weighted by molar-refractivity contribution is -0.117. The largest absolute Gasteiger partial charge is 0.395 e. The minimum absolute atomic E-state index is 0.0334. The van der Waals surface area contributed by atoms with Crippen molar-refractivity contribution in [2.75, 3.05) is 25.1 Å². The standard InChI is InChI=1S/C14H18N2O4S/c1-15-13-5-4-12(7-10(13)8-14(15)18)21(19,20)16-6-2-3-11(16)9-17/h4-5,7,11,17H,2-3,6,8-9H2,1H3/t11-/m0/s1. The lowest BCUT2D eigenvalue weighted by atomic mass is 10.2. The van der Waals surface area contributed by atoms with E-state index in [4.69, 9.17) is 0 Å². The molecule has 0 radical (unpaired) electrons. The van der Waals surface area contributed by atoms with E-state index in [1.54, 1.807) is 19.2 Å². The highest BCUT2D eigenvalue weighted by Crippen LogP contribution is 2.32.